The molecule has 4 rings (SSSR count). The molecule has 0 unspecified atom stereocenters. The third kappa shape index (κ3) is 7.17. The number of unbranched alkanes of at least 4 members (excludes halogenated alkanes) is 1. The second-order valence-corrected chi connectivity index (χ2v) is 9.64. The zero-order valence-corrected chi connectivity index (χ0v) is 20.0. The predicted octanol–water partition coefficient (Wildman–Crippen LogP) is 3.32. The number of rotatable bonds is 5. The summed E-state index contributed by atoms with van der Waals surface area (Å²) >= 11 is 0. The number of hydrogen-bond donors (Lipinski definition) is 1. The first kappa shape index (κ1) is 25.1. The van der Waals surface area contributed by atoms with Crippen molar-refractivity contribution < 1.29 is 9.84 Å². The Morgan fingerprint density at radius 2 is 1.52 bits per heavy atom. The average Bonchev–Trinajstić information content (AvgIpc) is 2.70. The van der Waals surface area contributed by atoms with Gasteiger partial charge in [0.15, 0.2) is 0 Å². The van der Waals surface area contributed by atoms with E-state index < -0.39 is 0 Å². The highest BCUT2D eigenvalue weighted by atomic mass is 16.5. The summed E-state index contributed by atoms with van der Waals surface area (Å²) in [6.07, 6.45) is 7.35. The van der Waals surface area contributed by atoms with Crippen LogP contribution in [0.25, 0.3) is 0 Å². The van der Waals surface area contributed by atoms with E-state index in [0.717, 1.165) is 37.9 Å². The van der Waals surface area contributed by atoms with Crippen LogP contribution < -0.4 is 0 Å². The Morgan fingerprint density at radius 1 is 0.897 bits per heavy atom. The molecule has 1 aliphatic carbocycles. The fraction of sp³-hybridized carbons (Fsp3) is 1.00. The number of aliphatic hydroxyl groups excluding tert-OH is 1. The van der Waals surface area contributed by atoms with Crippen molar-refractivity contribution in [1.29, 1.82) is 0 Å². The first-order chi connectivity index (χ1) is 14.0. The van der Waals surface area contributed by atoms with Gasteiger partial charge in [-0.2, -0.15) is 0 Å². The summed E-state index contributed by atoms with van der Waals surface area (Å²) in [5, 5.41) is 9.50. The minimum absolute atomic E-state index is 0.0216. The first-order valence-corrected chi connectivity index (χ1v) is 12.5. The van der Waals surface area contributed by atoms with E-state index in [4.69, 9.17) is 4.74 Å². The third-order valence-electron chi connectivity index (χ3n) is 7.16. The number of hydrogen-bond acceptors (Lipinski definition) is 5. The van der Waals surface area contributed by atoms with Crippen LogP contribution in [-0.4, -0.2) is 97.5 Å². The SMILES string of the molecule is CC.CCCC.CN1CCC(CN2CCN(CC3CC(O)C3)CC23COC3)CC1. The van der Waals surface area contributed by atoms with Crippen LogP contribution in [0.3, 0.4) is 0 Å². The van der Waals surface area contributed by atoms with Crippen LogP contribution in [-0.2, 0) is 4.74 Å². The topological polar surface area (TPSA) is 39.2 Å². The highest BCUT2D eigenvalue weighted by molar-refractivity contribution is 5.03. The van der Waals surface area contributed by atoms with E-state index in [1.165, 1.54) is 71.5 Å². The van der Waals surface area contributed by atoms with Crippen LogP contribution in [0.4, 0.5) is 0 Å². The van der Waals surface area contributed by atoms with E-state index >= 15 is 0 Å². The third-order valence-corrected chi connectivity index (χ3v) is 7.16. The number of aliphatic hydroxyl groups is 1. The standard InChI is InChI=1S/C18H33N3O2.C4H10.C2H6/c1-19-4-2-15(3-5-19)11-21-7-6-20(10-16-8-17(22)9-16)12-18(21)13-23-14-18;1-3-4-2;1-2/h15-17,22H,2-14H2,1H3;3-4H2,1-2H3;1-2H3. The van der Waals surface area contributed by atoms with Crippen LogP contribution in [0.1, 0.15) is 66.2 Å². The lowest BCUT2D eigenvalue weighted by Crippen LogP contribution is -2.72. The molecule has 0 aromatic carbocycles. The van der Waals surface area contributed by atoms with Crippen molar-refractivity contribution in [1.82, 2.24) is 14.7 Å². The summed E-state index contributed by atoms with van der Waals surface area (Å²) in [6, 6.07) is 0. The van der Waals surface area contributed by atoms with E-state index in [0.29, 0.717) is 5.54 Å². The van der Waals surface area contributed by atoms with Gasteiger partial charge >= 0.3 is 0 Å². The molecule has 0 radical (unpaired) electrons. The van der Waals surface area contributed by atoms with E-state index in [-0.39, 0.29) is 6.10 Å². The maximum absolute atomic E-state index is 9.50. The van der Waals surface area contributed by atoms with E-state index in [2.05, 4.69) is 35.6 Å². The Balaban J connectivity index is 0.000000449. The monoisotopic (exact) mass is 411 g/mol. The highest BCUT2D eigenvalue weighted by Crippen LogP contribution is 2.34. The lowest BCUT2D eigenvalue weighted by molar-refractivity contribution is -0.176. The van der Waals surface area contributed by atoms with Gasteiger partial charge < -0.3 is 14.7 Å². The van der Waals surface area contributed by atoms with Gasteiger partial charge in [0.1, 0.15) is 0 Å². The summed E-state index contributed by atoms with van der Waals surface area (Å²) in [7, 11) is 2.24. The molecule has 3 saturated heterocycles. The molecule has 0 bridgehead atoms. The maximum Gasteiger partial charge on any atom is 0.0807 e. The molecule has 5 nitrogen and oxygen atoms in total. The van der Waals surface area contributed by atoms with Crippen molar-refractivity contribution >= 4 is 0 Å². The number of likely N-dealkylation sites (tertiary alicyclic amines) is 1. The van der Waals surface area contributed by atoms with Crippen LogP contribution in [0.15, 0.2) is 0 Å². The van der Waals surface area contributed by atoms with E-state index in [1.54, 1.807) is 0 Å². The van der Waals surface area contributed by atoms with Gasteiger partial charge in [0.2, 0.25) is 0 Å². The minimum Gasteiger partial charge on any atom is -0.393 e. The Labute approximate surface area is 180 Å². The number of piperazine rings is 1. The molecule has 3 heterocycles. The van der Waals surface area contributed by atoms with Gasteiger partial charge in [-0.15, -0.1) is 0 Å². The Bertz CT molecular complexity index is 428. The Hall–Kier alpha value is -0.200. The molecule has 0 amide bonds. The molecule has 0 aromatic rings. The zero-order chi connectivity index (χ0) is 21.3. The van der Waals surface area contributed by atoms with Crippen LogP contribution in [0, 0.1) is 11.8 Å². The van der Waals surface area contributed by atoms with E-state index in [9.17, 15) is 5.11 Å². The van der Waals surface area contributed by atoms with Crippen LogP contribution in [0.5, 0.6) is 0 Å². The highest BCUT2D eigenvalue weighted by Gasteiger charge is 2.48. The molecule has 1 N–H and O–H groups in total. The van der Waals surface area contributed by atoms with Crippen molar-refractivity contribution in [2.24, 2.45) is 11.8 Å². The molecule has 1 spiro atoms. The summed E-state index contributed by atoms with van der Waals surface area (Å²) in [5.74, 6) is 1.60. The van der Waals surface area contributed by atoms with Crippen molar-refractivity contribution in [3.05, 3.63) is 0 Å². The fourth-order valence-electron chi connectivity index (χ4n) is 4.92. The van der Waals surface area contributed by atoms with Gasteiger partial charge in [-0.3, -0.25) is 9.80 Å². The van der Waals surface area contributed by atoms with Crippen LogP contribution >= 0.6 is 0 Å². The van der Waals surface area contributed by atoms with Crippen molar-refractivity contribution in [2.45, 2.75) is 77.9 Å². The van der Waals surface area contributed by atoms with Gasteiger partial charge in [0, 0.05) is 32.7 Å². The number of nitrogens with zero attached hydrogens (tertiary/aromatic N) is 3. The fourth-order valence-corrected chi connectivity index (χ4v) is 4.92. The number of piperidine rings is 1. The summed E-state index contributed by atoms with van der Waals surface area (Å²) in [4.78, 5) is 7.87. The van der Waals surface area contributed by atoms with Crippen molar-refractivity contribution in [2.75, 3.05) is 66.1 Å². The van der Waals surface area contributed by atoms with Crippen molar-refractivity contribution in [3.63, 3.8) is 0 Å². The average molecular weight is 412 g/mol. The molecular formula is C24H49N3O2. The predicted molar refractivity (Wildman–Crippen MR) is 122 cm³/mol. The number of ether oxygens (including phenoxy) is 1. The summed E-state index contributed by atoms with van der Waals surface area (Å²) in [5.41, 5.74) is 0.296. The molecule has 4 aliphatic rings. The minimum atomic E-state index is -0.0216. The largest absolute Gasteiger partial charge is 0.393 e. The van der Waals surface area contributed by atoms with Gasteiger partial charge in [-0.1, -0.05) is 40.5 Å². The quantitative estimate of drug-likeness (QED) is 0.751. The molecule has 29 heavy (non-hydrogen) atoms. The zero-order valence-electron chi connectivity index (χ0n) is 20.0. The van der Waals surface area contributed by atoms with Gasteiger partial charge in [-0.05, 0) is 57.7 Å². The second-order valence-electron chi connectivity index (χ2n) is 9.64. The molecule has 0 atom stereocenters. The lowest BCUT2D eigenvalue weighted by atomic mass is 9.81. The molecule has 1 saturated carbocycles. The molecular weight excluding hydrogens is 362 g/mol. The molecule has 5 heteroatoms. The van der Waals surface area contributed by atoms with E-state index in [1.807, 2.05) is 13.8 Å². The van der Waals surface area contributed by atoms with Gasteiger partial charge in [-0.25, -0.2) is 0 Å². The molecule has 4 fully saturated rings. The first-order valence-electron chi connectivity index (χ1n) is 12.5. The van der Waals surface area contributed by atoms with Gasteiger partial charge in [0.05, 0.1) is 24.9 Å². The molecule has 3 aliphatic heterocycles. The van der Waals surface area contributed by atoms with Gasteiger partial charge in [0.25, 0.3) is 0 Å². The Kier molecular flexibility index (Phi) is 10.9. The smallest absolute Gasteiger partial charge is 0.0807 e. The molecule has 0 aromatic heterocycles. The summed E-state index contributed by atoms with van der Waals surface area (Å²) < 4.78 is 5.65. The van der Waals surface area contributed by atoms with Crippen molar-refractivity contribution in [3.8, 4) is 0 Å². The van der Waals surface area contributed by atoms with Crippen LogP contribution in [0.2, 0.25) is 0 Å². The lowest BCUT2D eigenvalue weighted by Gasteiger charge is -2.57. The second kappa shape index (κ2) is 12.6. The summed E-state index contributed by atoms with van der Waals surface area (Å²) in [6.45, 7) is 18.7. The normalized spacial score (nSPS) is 30.4. The molecule has 172 valence electrons. The maximum atomic E-state index is 9.50. The Morgan fingerprint density at radius 3 is 2.00 bits per heavy atom.